The molecule has 0 aliphatic carbocycles. The summed E-state index contributed by atoms with van der Waals surface area (Å²) in [6.45, 7) is 7.34. The third-order valence-corrected chi connectivity index (χ3v) is 3.86. The summed E-state index contributed by atoms with van der Waals surface area (Å²) in [5, 5.41) is 0. The third kappa shape index (κ3) is 2.96. The molecule has 0 radical (unpaired) electrons. The van der Waals surface area contributed by atoms with Crippen LogP contribution in [0.15, 0.2) is 42.7 Å². The number of nitrogens with zero attached hydrogens (tertiary/aromatic N) is 4. The minimum absolute atomic E-state index is 0.850. The van der Waals surface area contributed by atoms with Gasteiger partial charge in [0.05, 0.1) is 0 Å². The van der Waals surface area contributed by atoms with Crippen LogP contribution >= 0.6 is 0 Å². The first-order valence-electron chi connectivity index (χ1n) is 7.12. The van der Waals surface area contributed by atoms with Gasteiger partial charge in [-0.15, -0.1) is 0 Å². The largest absolute Gasteiger partial charge is 0.338 e. The Kier molecular flexibility index (Phi) is 3.92. The van der Waals surface area contributed by atoms with Crippen LogP contribution in [0.3, 0.4) is 0 Å². The van der Waals surface area contributed by atoms with Crippen molar-refractivity contribution in [3.8, 4) is 0 Å². The molecule has 3 rings (SSSR count). The highest BCUT2D eigenvalue weighted by molar-refractivity contribution is 5.30. The molecule has 0 spiro atoms. The molecular weight excluding hydrogens is 248 g/mol. The van der Waals surface area contributed by atoms with Gasteiger partial charge < -0.3 is 4.90 Å². The lowest BCUT2D eigenvalue weighted by molar-refractivity contribution is 0.248. The number of anilines is 1. The predicted molar refractivity (Wildman–Crippen MR) is 80.7 cm³/mol. The van der Waals surface area contributed by atoms with Crippen molar-refractivity contribution in [2.24, 2.45) is 0 Å². The summed E-state index contributed by atoms with van der Waals surface area (Å²) in [6, 6.07) is 10.5. The number of hydrogen-bond acceptors (Lipinski definition) is 4. The molecule has 0 atom stereocenters. The minimum atomic E-state index is 0.850. The van der Waals surface area contributed by atoms with E-state index in [9.17, 15) is 0 Å². The Bertz CT molecular complexity index is 547. The molecule has 1 aliphatic rings. The van der Waals surface area contributed by atoms with E-state index in [2.05, 4.69) is 51.0 Å². The van der Waals surface area contributed by atoms with Crippen LogP contribution in [-0.4, -0.2) is 41.0 Å². The van der Waals surface area contributed by atoms with Gasteiger partial charge in [-0.2, -0.15) is 0 Å². The molecule has 0 N–H and O–H groups in total. The Balaban J connectivity index is 1.58. The summed E-state index contributed by atoms with van der Waals surface area (Å²) in [6.07, 6.45) is 3.62. The van der Waals surface area contributed by atoms with Gasteiger partial charge in [0, 0.05) is 45.1 Å². The number of hydrogen-bond donors (Lipinski definition) is 0. The van der Waals surface area contributed by atoms with Gasteiger partial charge >= 0.3 is 0 Å². The SMILES string of the molecule is Cc1ccccc1CN1CCN(c2ncccn2)CC1. The molecule has 1 saturated heterocycles. The van der Waals surface area contributed by atoms with Crippen LogP contribution in [0.25, 0.3) is 0 Å². The Hall–Kier alpha value is -1.94. The molecule has 0 saturated carbocycles. The third-order valence-electron chi connectivity index (χ3n) is 3.86. The van der Waals surface area contributed by atoms with Crippen molar-refractivity contribution in [1.82, 2.24) is 14.9 Å². The highest BCUT2D eigenvalue weighted by Gasteiger charge is 2.18. The van der Waals surface area contributed by atoms with Crippen LogP contribution in [0.2, 0.25) is 0 Å². The minimum Gasteiger partial charge on any atom is -0.338 e. The van der Waals surface area contributed by atoms with Crippen molar-refractivity contribution < 1.29 is 0 Å². The van der Waals surface area contributed by atoms with E-state index in [1.807, 2.05) is 18.5 Å². The molecule has 2 heterocycles. The van der Waals surface area contributed by atoms with Gasteiger partial charge in [-0.25, -0.2) is 9.97 Å². The first-order valence-corrected chi connectivity index (χ1v) is 7.12. The highest BCUT2D eigenvalue weighted by atomic mass is 15.3. The van der Waals surface area contributed by atoms with Crippen molar-refractivity contribution >= 4 is 5.95 Å². The molecule has 1 aromatic carbocycles. The normalized spacial score (nSPS) is 16.4. The standard InChI is InChI=1S/C16H20N4/c1-14-5-2-3-6-15(14)13-19-9-11-20(12-10-19)16-17-7-4-8-18-16/h2-8H,9-13H2,1H3. The Labute approximate surface area is 120 Å². The molecule has 1 aromatic heterocycles. The van der Waals surface area contributed by atoms with Crippen molar-refractivity contribution in [3.05, 3.63) is 53.9 Å². The smallest absolute Gasteiger partial charge is 0.225 e. The molecule has 4 nitrogen and oxygen atoms in total. The molecule has 0 bridgehead atoms. The number of benzene rings is 1. The summed E-state index contributed by atoms with van der Waals surface area (Å²) in [4.78, 5) is 13.4. The molecule has 0 unspecified atom stereocenters. The first kappa shape index (κ1) is 13.1. The fraction of sp³-hybridized carbons (Fsp3) is 0.375. The Morgan fingerprint density at radius 1 is 0.950 bits per heavy atom. The number of aryl methyl sites for hydroxylation is 1. The van der Waals surface area contributed by atoms with Crippen molar-refractivity contribution in [2.75, 3.05) is 31.1 Å². The number of aromatic nitrogens is 2. The summed E-state index contributed by atoms with van der Waals surface area (Å²) < 4.78 is 0. The van der Waals surface area contributed by atoms with E-state index in [1.54, 1.807) is 0 Å². The van der Waals surface area contributed by atoms with E-state index in [1.165, 1.54) is 11.1 Å². The second-order valence-electron chi connectivity index (χ2n) is 5.24. The monoisotopic (exact) mass is 268 g/mol. The van der Waals surface area contributed by atoms with Crippen LogP contribution in [0.4, 0.5) is 5.95 Å². The van der Waals surface area contributed by atoms with Crippen LogP contribution < -0.4 is 4.90 Å². The predicted octanol–water partition coefficient (Wildman–Crippen LogP) is 2.11. The van der Waals surface area contributed by atoms with Gasteiger partial charge in [0.15, 0.2) is 0 Å². The second-order valence-corrected chi connectivity index (χ2v) is 5.24. The zero-order valence-electron chi connectivity index (χ0n) is 11.9. The molecule has 1 aliphatic heterocycles. The number of piperazine rings is 1. The Morgan fingerprint density at radius 2 is 1.65 bits per heavy atom. The van der Waals surface area contributed by atoms with Gasteiger partial charge in [0.2, 0.25) is 5.95 Å². The lowest BCUT2D eigenvalue weighted by Crippen LogP contribution is -2.46. The van der Waals surface area contributed by atoms with Gasteiger partial charge in [-0.3, -0.25) is 4.90 Å². The average Bonchev–Trinajstić information content (AvgIpc) is 2.51. The molecular formula is C16H20N4. The van der Waals surface area contributed by atoms with E-state index < -0.39 is 0 Å². The maximum Gasteiger partial charge on any atom is 0.225 e. The fourth-order valence-corrected chi connectivity index (χ4v) is 2.59. The Morgan fingerprint density at radius 3 is 2.35 bits per heavy atom. The van der Waals surface area contributed by atoms with E-state index in [0.717, 1.165) is 38.7 Å². The summed E-state index contributed by atoms with van der Waals surface area (Å²) in [5.41, 5.74) is 2.80. The quantitative estimate of drug-likeness (QED) is 0.853. The second kappa shape index (κ2) is 6.01. The van der Waals surface area contributed by atoms with E-state index in [4.69, 9.17) is 0 Å². The zero-order chi connectivity index (χ0) is 13.8. The van der Waals surface area contributed by atoms with Crippen LogP contribution in [-0.2, 0) is 6.54 Å². The molecule has 20 heavy (non-hydrogen) atoms. The molecule has 4 heteroatoms. The maximum absolute atomic E-state index is 4.32. The summed E-state index contributed by atoms with van der Waals surface area (Å²) >= 11 is 0. The van der Waals surface area contributed by atoms with Gasteiger partial charge in [0.1, 0.15) is 0 Å². The first-order chi connectivity index (χ1) is 9.83. The van der Waals surface area contributed by atoms with Crippen molar-refractivity contribution in [3.63, 3.8) is 0 Å². The molecule has 2 aromatic rings. The fourth-order valence-electron chi connectivity index (χ4n) is 2.59. The molecule has 1 fully saturated rings. The lowest BCUT2D eigenvalue weighted by atomic mass is 10.1. The van der Waals surface area contributed by atoms with Crippen LogP contribution in [0.1, 0.15) is 11.1 Å². The topological polar surface area (TPSA) is 32.3 Å². The van der Waals surface area contributed by atoms with Crippen LogP contribution in [0.5, 0.6) is 0 Å². The van der Waals surface area contributed by atoms with Crippen molar-refractivity contribution in [2.45, 2.75) is 13.5 Å². The zero-order valence-corrected chi connectivity index (χ0v) is 11.9. The maximum atomic E-state index is 4.32. The lowest BCUT2D eigenvalue weighted by Gasteiger charge is -2.34. The van der Waals surface area contributed by atoms with Gasteiger partial charge in [0.25, 0.3) is 0 Å². The molecule has 104 valence electrons. The van der Waals surface area contributed by atoms with E-state index in [0.29, 0.717) is 0 Å². The van der Waals surface area contributed by atoms with Crippen LogP contribution in [0, 0.1) is 6.92 Å². The average molecular weight is 268 g/mol. The van der Waals surface area contributed by atoms with E-state index in [-0.39, 0.29) is 0 Å². The van der Waals surface area contributed by atoms with Crippen molar-refractivity contribution in [1.29, 1.82) is 0 Å². The highest BCUT2D eigenvalue weighted by Crippen LogP contribution is 2.14. The molecule has 0 amide bonds. The summed E-state index contributed by atoms with van der Waals surface area (Å²) in [7, 11) is 0. The van der Waals surface area contributed by atoms with E-state index >= 15 is 0 Å². The van der Waals surface area contributed by atoms with Gasteiger partial charge in [-0.05, 0) is 24.1 Å². The number of rotatable bonds is 3. The van der Waals surface area contributed by atoms with Gasteiger partial charge in [-0.1, -0.05) is 24.3 Å². The summed E-state index contributed by atoms with van der Waals surface area (Å²) in [5.74, 6) is 0.850.